The van der Waals surface area contributed by atoms with Crippen molar-refractivity contribution in [3.63, 3.8) is 0 Å². The molecule has 0 saturated heterocycles. The van der Waals surface area contributed by atoms with Crippen LogP contribution in [0, 0.1) is 0 Å². The van der Waals surface area contributed by atoms with E-state index in [1.807, 2.05) is 0 Å². The number of carboxylic acids is 1. The van der Waals surface area contributed by atoms with E-state index in [2.05, 4.69) is 11.3 Å². The summed E-state index contributed by atoms with van der Waals surface area (Å²) in [5.74, 6) is -2.75. The SMILES string of the molecule is C=CCN.CCOC(=O)C(=O)O. The van der Waals surface area contributed by atoms with Gasteiger partial charge in [-0.25, -0.2) is 9.59 Å². The topological polar surface area (TPSA) is 89.6 Å². The highest BCUT2D eigenvalue weighted by molar-refractivity contribution is 6.28. The Morgan fingerprint density at radius 2 is 2.08 bits per heavy atom. The van der Waals surface area contributed by atoms with E-state index in [0.29, 0.717) is 6.54 Å². The molecule has 12 heavy (non-hydrogen) atoms. The van der Waals surface area contributed by atoms with Crippen LogP contribution in [0.1, 0.15) is 6.92 Å². The average molecular weight is 175 g/mol. The Morgan fingerprint density at radius 3 is 2.17 bits per heavy atom. The van der Waals surface area contributed by atoms with Crippen molar-refractivity contribution in [2.45, 2.75) is 6.92 Å². The highest BCUT2D eigenvalue weighted by atomic mass is 16.6. The molecule has 0 saturated carbocycles. The molecule has 3 N–H and O–H groups in total. The molecule has 0 amide bonds. The number of carboxylic acid groups (broad SMARTS) is 1. The summed E-state index contributed by atoms with van der Waals surface area (Å²) in [4.78, 5) is 19.5. The van der Waals surface area contributed by atoms with Crippen molar-refractivity contribution in [2.75, 3.05) is 13.2 Å². The monoisotopic (exact) mass is 175 g/mol. The summed E-state index contributed by atoms with van der Waals surface area (Å²) in [6, 6.07) is 0. The summed E-state index contributed by atoms with van der Waals surface area (Å²) >= 11 is 0. The van der Waals surface area contributed by atoms with Crippen molar-refractivity contribution in [1.29, 1.82) is 0 Å². The number of carbonyl (C=O) groups is 2. The molecule has 0 aromatic rings. The van der Waals surface area contributed by atoms with Crippen molar-refractivity contribution < 1.29 is 19.4 Å². The molecule has 0 heterocycles. The number of hydrogen-bond acceptors (Lipinski definition) is 4. The maximum absolute atomic E-state index is 9.92. The number of esters is 1. The Balaban J connectivity index is 0. The van der Waals surface area contributed by atoms with Gasteiger partial charge in [0.2, 0.25) is 0 Å². The molecule has 70 valence electrons. The average Bonchev–Trinajstić information content (AvgIpc) is 2.05. The van der Waals surface area contributed by atoms with Gasteiger partial charge in [-0.1, -0.05) is 6.08 Å². The number of carbonyl (C=O) groups excluding carboxylic acids is 1. The number of nitrogens with two attached hydrogens (primary N) is 1. The zero-order chi connectivity index (χ0) is 9.98. The van der Waals surface area contributed by atoms with Crippen LogP contribution in [-0.4, -0.2) is 30.2 Å². The third-order valence-corrected chi connectivity index (χ3v) is 0.617. The lowest BCUT2D eigenvalue weighted by atomic mass is 10.7. The molecule has 0 aromatic heterocycles. The van der Waals surface area contributed by atoms with Gasteiger partial charge in [-0.05, 0) is 6.92 Å². The van der Waals surface area contributed by atoms with Crippen molar-refractivity contribution >= 4 is 11.9 Å². The lowest BCUT2D eigenvalue weighted by Crippen LogP contribution is -2.15. The molecule has 0 aliphatic rings. The third kappa shape index (κ3) is 11.4. The van der Waals surface area contributed by atoms with Crippen LogP contribution in [0.5, 0.6) is 0 Å². The largest absolute Gasteiger partial charge is 0.473 e. The second kappa shape index (κ2) is 9.64. The smallest absolute Gasteiger partial charge is 0.417 e. The second-order valence-corrected chi connectivity index (χ2v) is 1.55. The summed E-state index contributed by atoms with van der Waals surface area (Å²) in [6.07, 6.45) is 1.65. The Kier molecular flexibility index (Phi) is 10.6. The van der Waals surface area contributed by atoms with Crippen molar-refractivity contribution in [1.82, 2.24) is 0 Å². The fourth-order valence-corrected chi connectivity index (χ4v) is 0.193. The van der Waals surface area contributed by atoms with Crippen molar-refractivity contribution in [2.24, 2.45) is 5.73 Å². The summed E-state index contributed by atoms with van der Waals surface area (Å²) in [6.45, 7) is 5.58. The first-order chi connectivity index (χ1) is 5.59. The standard InChI is InChI=1S/C4H6O4.C3H7N/c1-2-8-4(7)3(5)6;1-2-3-4/h2H2,1H3,(H,5,6);2H,1,3-4H2. The molecule has 0 radical (unpaired) electrons. The predicted molar refractivity (Wildman–Crippen MR) is 43.5 cm³/mol. The molecular weight excluding hydrogens is 162 g/mol. The molecule has 5 heteroatoms. The highest BCUT2D eigenvalue weighted by Crippen LogP contribution is 1.74. The van der Waals surface area contributed by atoms with Crippen molar-refractivity contribution in [3.05, 3.63) is 12.7 Å². The van der Waals surface area contributed by atoms with Crippen LogP contribution < -0.4 is 5.73 Å². The van der Waals surface area contributed by atoms with Gasteiger partial charge in [0.1, 0.15) is 0 Å². The Morgan fingerprint density at radius 1 is 1.67 bits per heavy atom. The summed E-state index contributed by atoms with van der Waals surface area (Å²) in [5, 5.41) is 7.84. The van der Waals surface area contributed by atoms with Gasteiger partial charge in [-0.15, -0.1) is 6.58 Å². The van der Waals surface area contributed by atoms with Gasteiger partial charge in [0.05, 0.1) is 6.61 Å². The van der Waals surface area contributed by atoms with E-state index in [1.54, 1.807) is 13.0 Å². The van der Waals surface area contributed by atoms with Crippen molar-refractivity contribution in [3.8, 4) is 0 Å². The van der Waals surface area contributed by atoms with E-state index in [0.717, 1.165) is 0 Å². The zero-order valence-corrected chi connectivity index (χ0v) is 6.95. The molecule has 0 aliphatic carbocycles. The first kappa shape index (κ1) is 13.2. The minimum absolute atomic E-state index is 0.102. The molecule has 0 atom stereocenters. The Labute approximate surface area is 70.8 Å². The van der Waals surface area contributed by atoms with Crippen LogP contribution in [0.25, 0.3) is 0 Å². The first-order valence-corrected chi connectivity index (χ1v) is 3.31. The molecule has 0 aromatic carbocycles. The lowest BCUT2D eigenvalue weighted by molar-refractivity contribution is -0.163. The van der Waals surface area contributed by atoms with E-state index in [1.165, 1.54) is 0 Å². The number of hydrogen-bond donors (Lipinski definition) is 2. The molecule has 0 fully saturated rings. The normalized spacial score (nSPS) is 7.50. The summed E-state index contributed by atoms with van der Waals surface area (Å²) in [7, 11) is 0. The van der Waals surface area contributed by atoms with E-state index < -0.39 is 11.9 Å². The Hall–Kier alpha value is -1.36. The second-order valence-electron chi connectivity index (χ2n) is 1.55. The minimum Gasteiger partial charge on any atom is -0.473 e. The molecule has 0 unspecified atom stereocenters. The molecule has 5 nitrogen and oxygen atoms in total. The fraction of sp³-hybridized carbons (Fsp3) is 0.429. The van der Waals surface area contributed by atoms with Gasteiger partial charge in [0.15, 0.2) is 0 Å². The van der Waals surface area contributed by atoms with Crippen LogP contribution in [0.2, 0.25) is 0 Å². The minimum atomic E-state index is -1.55. The first-order valence-electron chi connectivity index (χ1n) is 3.31. The van der Waals surface area contributed by atoms with Crippen LogP contribution >= 0.6 is 0 Å². The quantitative estimate of drug-likeness (QED) is 0.343. The lowest BCUT2D eigenvalue weighted by Gasteiger charge is -1.91. The third-order valence-electron chi connectivity index (χ3n) is 0.617. The summed E-state index contributed by atoms with van der Waals surface area (Å²) in [5.41, 5.74) is 4.91. The van der Waals surface area contributed by atoms with Crippen LogP contribution in [0.15, 0.2) is 12.7 Å². The van der Waals surface area contributed by atoms with Crippen LogP contribution in [-0.2, 0) is 14.3 Å². The van der Waals surface area contributed by atoms with E-state index in [4.69, 9.17) is 10.8 Å². The molecular formula is C7H13NO4. The van der Waals surface area contributed by atoms with E-state index >= 15 is 0 Å². The van der Waals surface area contributed by atoms with Gasteiger partial charge >= 0.3 is 11.9 Å². The van der Waals surface area contributed by atoms with Crippen LogP contribution in [0.4, 0.5) is 0 Å². The number of rotatable bonds is 2. The predicted octanol–water partition coefficient (Wildman–Crippen LogP) is -0.235. The zero-order valence-electron chi connectivity index (χ0n) is 6.95. The highest BCUT2D eigenvalue weighted by Gasteiger charge is 2.09. The molecule has 0 spiro atoms. The fourth-order valence-electron chi connectivity index (χ4n) is 0.193. The van der Waals surface area contributed by atoms with Gasteiger partial charge < -0.3 is 15.6 Å². The van der Waals surface area contributed by atoms with Gasteiger partial charge in [0.25, 0.3) is 0 Å². The number of ether oxygens (including phenoxy) is 1. The van der Waals surface area contributed by atoms with Gasteiger partial charge in [-0.3, -0.25) is 0 Å². The molecule has 0 bridgehead atoms. The molecule has 0 aliphatic heterocycles. The van der Waals surface area contributed by atoms with E-state index in [9.17, 15) is 9.59 Å². The molecule has 0 rings (SSSR count). The van der Waals surface area contributed by atoms with Crippen LogP contribution in [0.3, 0.4) is 0 Å². The Bertz CT molecular complexity index is 155. The van der Waals surface area contributed by atoms with Gasteiger partial charge in [-0.2, -0.15) is 0 Å². The summed E-state index contributed by atoms with van der Waals surface area (Å²) < 4.78 is 4.06. The number of aliphatic carboxylic acids is 1. The van der Waals surface area contributed by atoms with Gasteiger partial charge in [0, 0.05) is 6.54 Å². The van der Waals surface area contributed by atoms with E-state index in [-0.39, 0.29) is 6.61 Å². The maximum atomic E-state index is 9.92. The maximum Gasteiger partial charge on any atom is 0.417 e.